The number of hydrogen-bond donors (Lipinski definition) is 0. The lowest BCUT2D eigenvalue weighted by molar-refractivity contribution is -0.122. The van der Waals surface area contributed by atoms with E-state index in [2.05, 4.69) is 28.9 Å². The summed E-state index contributed by atoms with van der Waals surface area (Å²) in [5.41, 5.74) is 3.02. The van der Waals surface area contributed by atoms with Crippen molar-refractivity contribution in [3.05, 3.63) is 75.0 Å². The highest BCUT2D eigenvalue weighted by Crippen LogP contribution is 2.34. The van der Waals surface area contributed by atoms with Gasteiger partial charge in [0.25, 0.3) is 11.5 Å². The minimum atomic E-state index is -0.174. The number of aryl methyl sites for hydroxylation is 1. The molecule has 2 fully saturated rings. The van der Waals surface area contributed by atoms with Crippen molar-refractivity contribution < 1.29 is 4.79 Å². The number of piperazine rings is 1. The third-order valence-electron chi connectivity index (χ3n) is 7.07. The van der Waals surface area contributed by atoms with Gasteiger partial charge in [-0.15, -0.1) is 0 Å². The lowest BCUT2D eigenvalue weighted by atomic mass is 10.2. The highest BCUT2D eigenvalue weighted by Gasteiger charge is 2.33. The van der Waals surface area contributed by atoms with E-state index in [1.165, 1.54) is 17.4 Å². The van der Waals surface area contributed by atoms with Crippen molar-refractivity contribution in [2.75, 3.05) is 42.5 Å². The fraction of sp³-hybridized carbons (Fsp3) is 0.379. The lowest BCUT2D eigenvalue weighted by Crippen LogP contribution is -2.47. The molecule has 0 bridgehead atoms. The summed E-state index contributed by atoms with van der Waals surface area (Å²) < 4.78 is 2.14. The minimum absolute atomic E-state index is 0.120. The maximum atomic E-state index is 13.8. The number of thiocarbonyl (C=S) groups is 1. The Labute approximate surface area is 233 Å². The Morgan fingerprint density at radius 2 is 1.71 bits per heavy atom. The normalized spacial score (nSPS) is 17.3. The predicted molar refractivity (Wildman–Crippen MR) is 161 cm³/mol. The van der Waals surface area contributed by atoms with Gasteiger partial charge in [-0.3, -0.25) is 18.9 Å². The van der Waals surface area contributed by atoms with Crippen LogP contribution in [0.4, 0.5) is 11.5 Å². The number of anilines is 2. The first-order valence-corrected chi connectivity index (χ1v) is 14.5. The average Bonchev–Trinajstić information content (AvgIpc) is 3.20. The number of carbonyl (C=O) groups excluding carboxylic acids is 1. The quantitative estimate of drug-likeness (QED) is 0.221. The molecule has 198 valence electrons. The van der Waals surface area contributed by atoms with E-state index in [4.69, 9.17) is 17.2 Å². The van der Waals surface area contributed by atoms with E-state index in [-0.39, 0.29) is 11.5 Å². The summed E-state index contributed by atoms with van der Waals surface area (Å²) in [6.07, 6.45) is 7.79. The van der Waals surface area contributed by atoms with E-state index in [1.54, 1.807) is 21.6 Å². The molecule has 3 aromatic rings. The molecule has 38 heavy (non-hydrogen) atoms. The molecular formula is C29H33N5O2S2. The molecule has 0 aliphatic carbocycles. The number of pyridine rings is 1. The fourth-order valence-electron chi connectivity index (χ4n) is 4.95. The number of amides is 1. The number of aromatic nitrogens is 2. The molecule has 2 aliphatic rings. The first-order valence-electron chi connectivity index (χ1n) is 13.3. The number of benzene rings is 1. The largest absolute Gasteiger partial charge is 0.368 e. The summed E-state index contributed by atoms with van der Waals surface area (Å²) in [4.78, 5) is 38.7. The van der Waals surface area contributed by atoms with Crippen molar-refractivity contribution in [3.63, 3.8) is 0 Å². The van der Waals surface area contributed by atoms with Crippen LogP contribution in [0, 0.1) is 6.92 Å². The van der Waals surface area contributed by atoms with Crippen molar-refractivity contribution in [2.24, 2.45) is 0 Å². The third kappa shape index (κ3) is 5.49. The SMILES string of the molecule is CCCCCCN1C(=O)C(=Cc2c(N3CCN(c4ccccc4)CC3)nc3ccc(C)cn3c2=O)SC1=S. The van der Waals surface area contributed by atoms with E-state index in [0.717, 1.165) is 57.4 Å². The van der Waals surface area contributed by atoms with Gasteiger partial charge >= 0.3 is 0 Å². The first-order chi connectivity index (χ1) is 18.5. The fourth-order valence-corrected chi connectivity index (χ4v) is 6.24. The Balaban J connectivity index is 1.47. The summed E-state index contributed by atoms with van der Waals surface area (Å²) in [5.74, 6) is 0.505. The van der Waals surface area contributed by atoms with Crippen molar-refractivity contribution in [3.8, 4) is 0 Å². The average molecular weight is 548 g/mol. The second kappa shape index (κ2) is 11.7. The van der Waals surface area contributed by atoms with Crippen LogP contribution >= 0.6 is 24.0 Å². The van der Waals surface area contributed by atoms with Crippen molar-refractivity contribution in [1.82, 2.24) is 14.3 Å². The molecule has 5 rings (SSSR count). The Morgan fingerprint density at radius 1 is 0.974 bits per heavy atom. The van der Waals surface area contributed by atoms with E-state index in [0.29, 0.717) is 32.8 Å². The van der Waals surface area contributed by atoms with Gasteiger partial charge in [-0.25, -0.2) is 4.98 Å². The molecule has 9 heteroatoms. The van der Waals surface area contributed by atoms with Gasteiger partial charge in [0.1, 0.15) is 15.8 Å². The maximum absolute atomic E-state index is 13.8. The monoisotopic (exact) mass is 547 g/mol. The van der Waals surface area contributed by atoms with Crippen molar-refractivity contribution in [1.29, 1.82) is 0 Å². The van der Waals surface area contributed by atoms with Gasteiger partial charge in [-0.2, -0.15) is 0 Å². The van der Waals surface area contributed by atoms with Gasteiger partial charge in [0.05, 0.1) is 10.5 Å². The van der Waals surface area contributed by atoms with E-state index in [9.17, 15) is 9.59 Å². The molecule has 0 radical (unpaired) electrons. The summed E-state index contributed by atoms with van der Waals surface area (Å²) in [6, 6.07) is 14.2. The second-order valence-corrected chi connectivity index (χ2v) is 11.5. The number of hydrogen-bond acceptors (Lipinski definition) is 7. The number of nitrogens with zero attached hydrogens (tertiary/aromatic N) is 5. The van der Waals surface area contributed by atoms with Gasteiger partial charge in [0, 0.05) is 44.6 Å². The van der Waals surface area contributed by atoms with Crippen LogP contribution < -0.4 is 15.4 Å². The molecule has 2 aliphatic heterocycles. The van der Waals surface area contributed by atoms with Crippen molar-refractivity contribution in [2.45, 2.75) is 39.5 Å². The van der Waals surface area contributed by atoms with Crippen LogP contribution in [-0.2, 0) is 4.79 Å². The van der Waals surface area contributed by atoms with Gasteiger partial charge in [-0.05, 0) is 43.2 Å². The Hall–Kier alpha value is -3.17. The first kappa shape index (κ1) is 26.4. The molecule has 0 unspecified atom stereocenters. The summed E-state index contributed by atoms with van der Waals surface area (Å²) in [6.45, 7) is 7.82. The Morgan fingerprint density at radius 3 is 2.45 bits per heavy atom. The summed E-state index contributed by atoms with van der Waals surface area (Å²) in [5, 5.41) is 0. The third-order valence-corrected chi connectivity index (χ3v) is 8.45. The molecule has 0 atom stereocenters. The molecule has 1 amide bonds. The smallest absolute Gasteiger partial charge is 0.267 e. The molecule has 7 nitrogen and oxygen atoms in total. The molecule has 0 N–H and O–H groups in total. The second-order valence-electron chi connectivity index (χ2n) is 9.79. The highest BCUT2D eigenvalue weighted by molar-refractivity contribution is 8.26. The van der Waals surface area contributed by atoms with Gasteiger partial charge < -0.3 is 9.80 Å². The standard InChI is InChI=1S/C29H33N5O2S2/c1-3-4-5-9-14-33-28(36)24(38-29(33)37)19-23-26(30-25-13-12-21(2)20-34(25)27(23)35)32-17-15-31(16-18-32)22-10-7-6-8-11-22/h6-8,10-13,19-20H,3-5,9,14-18H2,1-2H3. The van der Waals surface area contributed by atoms with Gasteiger partial charge in [0.2, 0.25) is 0 Å². The van der Waals surface area contributed by atoms with Crippen LogP contribution in [0.3, 0.4) is 0 Å². The van der Waals surface area contributed by atoms with E-state index in [1.807, 2.05) is 37.3 Å². The summed E-state index contributed by atoms with van der Waals surface area (Å²) in [7, 11) is 0. The molecule has 0 saturated carbocycles. The number of thioether (sulfide) groups is 1. The lowest BCUT2D eigenvalue weighted by Gasteiger charge is -2.37. The van der Waals surface area contributed by atoms with Gasteiger partial charge in [0.15, 0.2) is 0 Å². The molecule has 0 spiro atoms. The highest BCUT2D eigenvalue weighted by atomic mass is 32.2. The van der Waals surface area contributed by atoms with Crippen LogP contribution in [0.1, 0.15) is 43.7 Å². The van der Waals surface area contributed by atoms with Crippen molar-refractivity contribution >= 4 is 57.4 Å². The van der Waals surface area contributed by atoms with Crippen LogP contribution in [0.25, 0.3) is 11.7 Å². The number of para-hydroxylation sites is 1. The van der Waals surface area contributed by atoms with E-state index >= 15 is 0 Å². The molecule has 2 aromatic heterocycles. The summed E-state index contributed by atoms with van der Waals surface area (Å²) >= 11 is 6.82. The molecular weight excluding hydrogens is 514 g/mol. The minimum Gasteiger partial charge on any atom is -0.368 e. The van der Waals surface area contributed by atoms with Crippen LogP contribution in [0.15, 0.2) is 58.4 Å². The molecule has 2 saturated heterocycles. The Bertz CT molecular complexity index is 1430. The topological polar surface area (TPSA) is 61.2 Å². The number of carbonyl (C=O) groups is 1. The molecule has 4 heterocycles. The number of rotatable bonds is 8. The predicted octanol–water partition coefficient (Wildman–Crippen LogP) is 5.11. The number of fused-ring (bicyclic) bond motifs is 1. The Kier molecular flexibility index (Phi) is 8.14. The zero-order valence-electron chi connectivity index (χ0n) is 21.9. The maximum Gasteiger partial charge on any atom is 0.267 e. The van der Waals surface area contributed by atoms with Crippen LogP contribution in [0.2, 0.25) is 0 Å². The van der Waals surface area contributed by atoms with E-state index < -0.39 is 0 Å². The number of unbranched alkanes of at least 4 members (excludes halogenated alkanes) is 3. The zero-order valence-corrected chi connectivity index (χ0v) is 23.6. The molecule has 1 aromatic carbocycles. The zero-order chi connectivity index (χ0) is 26.6. The van der Waals surface area contributed by atoms with Crippen LogP contribution in [-0.4, -0.2) is 57.2 Å². The van der Waals surface area contributed by atoms with Crippen LogP contribution in [0.5, 0.6) is 0 Å². The van der Waals surface area contributed by atoms with Gasteiger partial charge in [-0.1, -0.05) is 74.4 Å².